The van der Waals surface area contributed by atoms with E-state index in [0.717, 1.165) is 11.3 Å². The molecular weight excluding hydrogens is 364 g/mol. The van der Waals surface area contributed by atoms with E-state index in [1.165, 1.54) is 11.4 Å². The van der Waals surface area contributed by atoms with Crippen LogP contribution in [0.3, 0.4) is 0 Å². The molecule has 0 heterocycles. The Labute approximate surface area is 161 Å². The van der Waals surface area contributed by atoms with Crippen LogP contribution in [0.1, 0.15) is 25.3 Å². The van der Waals surface area contributed by atoms with Crippen molar-refractivity contribution in [2.24, 2.45) is 0 Å². The number of ether oxygens (including phenoxy) is 1. The average Bonchev–Trinajstić information content (AvgIpc) is 2.67. The van der Waals surface area contributed by atoms with Crippen LogP contribution in [0.5, 0.6) is 5.75 Å². The van der Waals surface area contributed by atoms with Crippen LogP contribution in [0.2, 0.25) is 0 Å². The first kappa shape index (κ1) is 20.9. The highest BCUT2D eigenvalue weighted by molar-refractivity contribution is 7.89. The zero-order chi connectivity index (χ0) is 19.7. The minimum Gasteiger partial charge on any atom is -0.494 e. The fourth-order valence-corrected chi connectivity index (χ4v) is 3.79. The molecule has 1 N–H and O–H groups in total. The molecule has 0 saturated carbocycles. The molecule has 7 heteroatoms. The van der Waals surface area contributed by atoms with Crippen LogP contribution < -0.4 is 10.1 Å². The second kappa shape index (κ2) is 10.1. The summed E-state index contributed by atoms with van der Waals surface area (Å²) in [5.41, 5.74) is 0.957. The van der Waals surface area contributed by atoms with Crippen LogP contribution in [-0.4, -0.2) is 38.8 Å². The lowest BCUT2D eigenvalue weighted by Crippen LogP contribution is -2.29. The van der Waals surface area contributed by atoms with Gasteiger partial charge in [-0.05, 0) is 43.2 Å². The van der Waals surface area contributed by atoms with E-state index in [1.807, 2.05) is 31.2 Å². The number of benzene rings is 2. The summed E-state index contributed by atoms with van der Waals surface area (Å²) in [6.45, 7) is 3.21. The van der Waals surface area contributed by atoms with Crippen LogP contribution in [0, 0.1) is 0 Å². The molecule has 146 valence electrons. The van der Waals surface area contributed by atoms with Gasteiger partial charge in [0, 0.05) is 26.6 Å². The van der Waals surface area contributed by atoms with Crippen molar-refractivity contribution in [3.63, 3.8) is 0 Å². The van der Waals surface area contributed by atoms with Gasteiger partial charge in [-0.3, -0.25) is 4.79 Å². The van der Waals surface area contributed by atoms with Crippen molar-refractivity contribution in [3.8, 4) is 5.75 Å². The highest BCUT2D eigenvalue weighted by atomic mass is 32.2. The predicted octanol–water partition coefficient (Wildman–Crippen LogP) is 2.80. The van der Waals surface area contributed by atoms with E-state index in [0.29, 0.717) is 19.6 Å². The third-order valence-corrected chi connectivity index (χ3v) is 5.90. The first-order valence-corrected chi connectivity index (χ1v) is 10.4. The number of sulfonamides is 1. The number of hydrogen-bond acceptors (Lipinski definition) is 4. The van der Waals surface area contributed by atoms with Gasteiger partial charge in [0.15, 0.2) is 0 Å². The Morgan fingerprint density at radius 3 is 2.56 bits per heavy atom. The molecule has 0 fully saturated rings. The van der Waals surface area contributed by atoms with Crippen molar-refractivity contribution in [1.29, 1.82) is 0 Å². The maximum atomic E-state index is 12.4. The molecule has 0 aliphatic rings. The summed E-state index contributed by atoms with van der Waals surface area (Å²) in [5.74, 6) is 0.666. The third kappa shape index (κ3) is 6.37. The molecule has 0 atom stereocenters. The van der Waals surface area contributed by atoms with E-state index >= 15 is 0 Å². The van der Waals surface area contributed by atoms with Crippen LogP contribution in [0.4, 0.5) is 0 Å². The molecule has 0 aromatic heterocycles. The highest BCUT2D eigenvalue weighted by Gasteiger charge is 2.19. The van der Waals surface area contributed by atoms with Crippen molar-refractivity contribution < 1.29 is 17.9 Å². The van der Waals surface area contributed by atoms with Crippen molar-refractivity contribution >= 4 is 15.9 Å². The summed E-state index contributed by atoms with van der Waals surface area (Å²) in [6, 6.07) is 15.8. The van der Waals surface area contributed by atoms with Gasteiger partial charge < -0.3 is 10.1 Å². The van der Waals surface area contributed by atoms with Gasteiger partial charge in [-0.2, -0.15) is 0 Å². The fourth-order valence-electron chi connectivity index (χ4n) is 2.56. The summed E-state index contributed by atoms with van der Waals surface area (Å²) in [4.78, 5) is 12.3. The molecule has 0 saturated heterocycles. The van der Waals surface area contributed by atoms with Crippen molar-refractivity contribution in [2.75, 3.05) is 20.2 Å². The third-order valence-electron chi connectivity index (χ3n) is 4.03. The zero-order valence-corrected chi connectivity index (χ0v) is 16.5. The minimum atomic E-state index is -3.51. The van der Waals surface area contributed by atoms with E-state index < -0.39 is 10.0 Å². The van der Waals surface area contributed by atoms with Gasteiger partial charge in [-0.1, -0.05) is 30.3 Å². The molecule has 0 unspecified atom stereocenters. The number of nitrogens with zero attached hydrogens (tertiary/aromatic N) is 1. The quantitative estimate of drug-likeness (QED) is 0.677. The van der Waals surface area contributed by atoms with Crippen LogP contribution >= 0.6 is 0 Å². The maximum absolute atomic E-state index is 12.4. The Bertz CT molecular complexity index is 838. The van der Waals surface area contributed by atoms with Gasteiger partial charge in [0.2, 0.25) is 15.9 Å². The molecule has 0 aliphatic heterocycles. The molecule has 0 aliphatic carbocycles. The Morgan fingerprint density at radius 2 is 1.85 bits per heavy atom. The van der Waals surface area contributed by atoms with Gasteiger partial charge in [0.1, 0.15) is 5.75 Å². The lowest BCUT2D eigenvalue weighted by Gasteiger charge is -2.17. The van der Waals surface area contributed by atoms with Gasteiger partial charge in [-0.15, -0.1) is 0 Å². The van der Waals surface area contributed by atoms with Crippen LogP contribution in [0.25, 0.3) is 0 Å². The normalized spacial score (nSPS) is 11.4. The molecule has 2 aromatic rings. The SMILES string of the molecule is CCOc1cccc(CNC(=O)CCCN(C)S(=O)(=O)c2ccccc2)c1. The summed E-state index contributed by atoms with van der Waals surface area (Å²) in [7, 11) is -1.99. The fraction of sp³-hybridized carbons (Fsp3) is 0.350. The number of carbonyl (C=O) groups is 1. The first-order valence-electron chi connectivity index (χ1n) is 8.93. The minimum absolute atomic E-state index is 0.109. The topological polar surface area (TPSA) is 75.7 Å². The monoisotopic (exact) mass is 390 g/mol. The number of carbonyl (C=O) groups excluding carboxylic acids is 1. The van der Waals surface area contributed by atoms with Gasteiger partial charge >= 0.3 is 0 Å². The van der Waals surface area contributed by atoms with Crippen molar-refractivity contribution in [3.05, 3.63) is 60.2 Å². The number of nitrogens with one attached hydrogen (secondary N) is 1. The van der Waals surface area contributed by atoms with Crippen molar-refractivity contribution in [1.82, 2.24) is 9.62 Å². The average molecular weight is 391 g/mol. The second-order valence-corrected chi connectivity index (χ2v) is 8.15. The van der Waals surface area contributed by atoms with Gasteiger partial charge in [-0.25, -0.2) is 12.7 Å². The molecular formula is C20H26N2O4S. The summed E-state index contributed by atoms with van der Waals surface area (Å²) in [6.07, 6.45) is 0.715. The highest BCUT2D eigenvalue weighted by Crippen LogP contribution is 2.14. The van der Waals surface area contributed by atoms with E-state index in [-0.39, 0.29) is 23.8 Å². The van der Waals surface area contributed by atoms with Gasteiger partial charge in [0.25, 0.3) is 0 Å². The summed E-state index contributed by atoms with van der Waals surface area (Å²) >= 11 is 0. The van der Waals surface area contributed by atoms with Gasteiger partial charge in [0.05, 0.1) is 11.5 Å². The maximum Gasteiger partial charge on any atom is 0.242 e. The van der Waals surface area contributed by atoms with Crippen molar-refractivity contribution in [2.45, 2.75) is 31.2 Å². The largest absolute Gasteiger partial charge is 0.494 e. The lowest BCUT2D eigenvalue weighted by atomic mass is 10.2. The van der Waals surface area contributed by atoms with E-state index in [4.69, 9.17) is 4.74 Å². The number of amides is 1. The van der Waals surface area contributed by atoms with E-state index in [9.17, 15) is 13.2 Å². The first-order chi connectivity index (χ1) is 12.9. The molecule has 6 nitrogen and oxygen atoms in total. The standard InChI is InChI=1S/C20H26N2O4S/c1-3-26-18-10-7-9-17(15-18)16-21-20(23)13-8-14-22(2)27(24,25)19-11-5-4-6-12-19/h4-7,9-12,15H,3,8,13-14,16H2,1-2H3,(H,21,23). The molecule has 0 bridgehead atoms. The lowest BCUT2D eigenvalue weighted by molar-refractivity contribution is -0.121. The predicted molar refractivity (Wildman–Crippen MR) is 105 cm³/mol. The molecule has 0 radical (unpaired) electrons. The van der Waals surface area contributed by atoms with E-state index in [2.05, 4.69) is 5.32 Å². The Kier molecular flexibility index (Phi) is 7.82. The molecule has 2 aromatic carbocycles. The Hall–Kier alpha value is -2.38. The smallest absolute Gasteiger partial charge is 0.242 e. The van der Waals surface area contributed by atoms with E-state index in [1.54, 1.807) is 30.3 Å². The zero-order valence-electron chi connectivity index (χ0n) is 15.7. The van der Waals surface area contributed by atoms with Crippen LogP contribution in [-0.2, 0) is 21.4 Å². The summed E-state index contributed by atoms with van der Waals surface area (Å²) in [5, 5.41) is 2.85. The van der Waals surface area contributed by atoms with Crippen LogP contribution in [0.15, 0.2) is 59.5 Å². The Morgan fingerprint density at radius 1 is 1.11 bits per heavy atom. The second-order valence-electron chi connectivity index (χ2n) is 6.10. The molecule has 0 spiro atoms. The number of rotatable bonds is 10. The molecule has 2 rings (SSSR count). The Balaban J connectivity index is 1.76. The molecule has 27 heavy (non-hydrogen) atoms. The number of hydrogen-bond donors (Lipinski definition) is 1. The summed E-state index contributed by atoms with van der Waals surface area (Å²) < 4.78 is 31.6. The molecule has 1 amide bonds.